The first kappa shape index (κ1) is 9.93. The predicted octanol–water partition coefficient (Wildman–Crippen LogP) is -0.215. The van der Waals surface area contributed by atoms with Crippen molar-refractivity contribution in [1.82, 2.24) is 0 Å². The van der Waals surface area contributed by atoms with Crippen molar-refractivity contribution in [2.24, 2.45) is 23.7 Å². The molecular weight excluding hydrogens is 184 g/mol. The molecule has 0 aromatic carbocycles. The molecule has 2 rings (SSSR count). The van der Waals surface area contributed by atoms with Crippen LogP contribution < -0.4 is 0 Å². The number of hydrogen-bond acceptors (Lipinski definition) is 4. The fourth-order valence-electron chi connectivity index (χ4n) is 2.75. The van der Waals surface area contributed by atoms with Gasteiger partial charge in [0.25, 0.3) is 0 Å². The Morgan fingerprint density at radius 1 is 1.50 bits per heavy atom. The van der Waals surface area contributed by atoms with Crippen molar-refractivity contribution in [2.75, 3.05) is 13.2 Å². The predicted molar refractivity (Wildman–Crippen MR) is 48.3 cm³/mol. The summed E-state index contributed by atoms with van der Waals surface area (Å²) in [5, 5.41) is 18.8. The zero-order chi connectivity index (χ0) is 10.3. The van der Waals surface area contributed by atoms with Gasteiger partial charge in [0.1, 0.15) is 0 Å². The standard InChI is InChI=1S/C10H16O4/c1-5-8-4-14-10(13)7(3-11)6(8)2-9(5)12/h5-9,11-12H,2-4H2,1H3/t5-,6+,7-,8+,9+/m1/s1. The van der Waals surface area contributed by atoms with Gasteiger partial charge in [-0.25, -0.2) is 0 Å². The Bertz CT molecular complexity index is 240. The van der Waals surface area contributed by atoms with E-state index in [0.717, 1.165) is 0 Å². The number of carbonyl (C=O) groups excluding carboxylic acids is 1. The van der Waals surface area contributed by atoms with Crippen LogP contribution in [0.4, 0.5) is 0 Å². The zero-order valence-corrected chi connectivity index (χ0v) is 8.22. The van der Waals surface area contributed by atoms with Crippen LogP contribution in [0.5, 0.6) is 0 Å². The molecule has 2 fully saturated rings. The highest BCUT2D eigenvalue weighted by Crippen LogP contribution is 2.44. The molecule has 14 heavy (non-hydrogen) atoms. The summed E-state index contributed by atoms with van der Waals surface area (Å²) in [5.41, 5.74) is 0. The number of hydrogen-bond donors (Lipinski definition) is 2. The maximum Gasteiger partial charge on any atom is 0.311 e. The molecular formula is C10H16O4. The van der Waals surface area contributed by atoms with Gasteiger partial charge in [-0.3, -0.25) is 4.79 Å². The van der Waals surface area contributed by atoms with E-state index in [1.165, 1.54) is 0 Å². The molecule has 5 atom stereocenters. The number of fused-ring (bicyclic) bond motifs is 1. The Kier molecular flexibility index (Phi) is 2.49. The van der Waals surface area contributed by atoms with E-state index in [0.29, 0.717) is 13.0 Å². The van der Waals surface area contributed by atoms with Crippen molar-refractivity contribution < 1.29 is 19.7 Å². The van der Waals surface area contributed by atoms with E-state index in [2.05, 4.69) is 0 Å². The summed E-state index contributed by atoms with van der Waals surface area (Å²) in [6.07, 6.45) is 0.264. The minimum atomic E-state index is -0.423. The summed E-state index contributed by atoms with van der Waals surface area (Å²) in [7, 11) is 0. The van der Waals surface area contributed by atoms with Gasteiger partial charge in [-0.1, -0.05) is 6.92 Å². The number of aliphatic hydroxyl groups excluding tert-OH is 2. The molecule has 80 valence electrons. The monoisotopic (exact) mass is 200 g/mol. The van der Waals surface area contributed by atoms with Crippen LogP contribution in [0.15, 0.2) is 0 Å². The van der Waals surface area contributed by atoms with Crippen molar-refractivity contribution in [2.45, 2.75) is 19.4 Å². The number of cyclic esters (lactones) is 1. The lowest BCUT2D eigenvalue weighted by atomic mass is 9.80. The SMILES string of the molecule is C[C@@H]1[C@@H]2COC(=O)[C@H](CO)[C@@H]2C[C@@H]1O. The summed E-state index contributed by atoms with van der Waals surface area (Å²) < 4.78 is 5.00. The van der Waals surface area contributed by atoms with Crippen LogP contribution in [0.1, 0.15) is 13.3 Å². The highest BCUT2D eigenvalue weighted by atomic mass is 16.5. The van der Waals surface area contributed by atoms with Gasteiger partial charge >= 0.3 is 5.97 Å². The Balaban J connectivity index is 2.17. The van der Waals surface area contributed by atoms with Crippen molar-refractivity contribution in [3.05, 3.63) is 0 Å². The first-order chi connectivity index (χ1) is 6.65. The second kappa shape index (κ2) is 3.51. The molecule has 4 nitrogen and oxygen atoms in total. The lowest BCUT2D eigenvalue weighted by Gasteiger charge is -2.32. The Labute approximate surface area is 82.9 Å². The highest BCUT2D eigenvalue weighted by Gasteiger charge is 2.49. The van der Waals surface area contributed by atoms with Crippen molar-refractivity contribution >= 4 is 5.97 Å². The molecule has 0 bridgehead atoms. The first-order valence-corrected chi connectivity index (χ1v) is 5.10. The Morgan fingerprint density at radius 3 is 2.86 bits per heavy atom. The molecule has 4 heteroatoms. The maximum atomic E-state index is 11.3. The molecule has 0 radical (unpaired) electrons. The van der Waals surface area contributed by atoms with Gasteiger partial charge < -0.3 is 14.9 Å². The summed E-state index contributed by atoms with van der Waals surface area (Å²) in [4.78, 5) is 11.3. The molecule has 0 amide bonds. The third-order valence-electron chi connectivity index (χ3n) is 3.78. The van der Waals surface area contributed by atoms with Crippen molar-refractivity contribution in [3.8, 4) is 0 Å². The molecule has 1 saturated heterocycles. The minimum Gasteiger partial charge on any atom is -0.465 e. The summed E-state index contributed by atoms with van der Waals surface area (Å²) in [6.45, 7) is 2.21. The second-order valence-corrected chi connectivity index (χ2v) is 4.41. The smallest absolute Gasteiger partial charge is 0.311 e. The Hall–Kier alpha value is -0.610. The first-order valence-electron chi connectivity index (χ1n) is 5.10. The number of rotatable bonds is 1. The molecule has 2 aliphatic rings. The number of ether oxygens (including phenoxy) is 1. The van der Waals surface area contributed by atoms with E-state index in [1.54, 1.807) is 0 Å². The molecule has 1 heterocycles. The minimum absolute atomic E-state index is 0.103. The van der Waals surface area contributed by atoms with E-state index in [1.807, 2.05) is 6.92 Å². The zero-order valence-electron chi connectivity index (χ0n) is 8.22. The number of esters is 1. The fraction of sp³-hybridized carbons (Fsp3) is 0.900. The van der Waals surface area contributed by atoms with Gasteiger partial charge in [-0.2, -0.15) is 0 Å². The van der Waals surface area contributed by atoms with E-state index >= 15 is 0 Å². The van der Waals surface area contributed by atoms with E-state index in [-0.39, 0.29) is 36.4 Å². The van der Waals surface area contributed by atoms with E-state index in [4.69, 9.17) is 9.84 Å². The third-order valence-corrected chi connectivity index (χ3v) is 3.78. The topological polar surface area (TPSA) is 66.8 Å². The Morgan fingerprint density at radius 2 is 2.21 bits per heavy atom. The van der Waals surface area contributed by atoms with E-state index < -0.39 is 5.92 Å². The summed E-state index contributed by atoms with van der Waals surface area (Å²) >= 11 is 0. The third kappa shape index (κ3) is 1.33. The van der Waals surface area contributed by atoms with Gasteiger partial charge in [0.05, 0.1) is 25.2 Å². The molecule has 0 aromatic rings. The largest absolute Gasteiger partial charge is 0.465 e. The lowest BCUT2D eigenvalue weighted by Crippen LogP contribution is -2.40. The van der Waals surface area contributed by atoms with Crippen LogP contribution in [0.3, 0.4) is 0 Å². The average molecular weight is 200 g/mol. The van der Waals surface area contributed by atoms with Crippen LogP contribution in [0.25, 0.3) is 0 Å². The summed E-state index contributed by atoms with van der Waals surface area (Å²) in [6, 6.07) is 0. The van der Waals surface area contributed by atoms with Crippen molar-refractivity contribution in [1.29, 1.82) is 0 Å². The van der Waals surface area contributed by atoms with Crippen LogP contribution in [0, 0.1) is 23.7 Å². The fourth-order valence-corrected chi connectivity index (χ4v) is 2.75. The van der Waals surface area contributed by atoms with Gasteiger partial charge in [0, 0.05) is 5.92 Å². The van der Waals surface area contributed by atoms with Gasteiger partial charge in [0.2, 0.25) is 0 Å². The van der Waals surface area contributed by atoms with Crippen molar-refractivity contribution in [3.63, 3.8) is 0 Å². The van der Waals surface area contributed by atoms with Crippen LogP contribution in [-0.2, 0) is 9.53 Å². The molecule has 1 saturated carbocycles. The van der Waals surface area contributed by atoms with Gasteiger partial charge in [-0.15, -0.1) is 0 Å². The molecule has 0 aromatic heterocycles. The molecule has 0 unspecified atom stereocenters. The number of carbonyl (C=O) groups is 1. The second-order valence-electron chi connectivity index (χ2n) is 4.41. The van der Waals surface area contributed by atoms with Gasteiger partial charge in [0.15, 0.2) is 0 Å². The van der Waals surface area contributed by atoms with Crippen LogP contribution >= 0.6 is 0 Å². The average Bonchev–Trinajstić information content (AvgIpc) is 2.43. The molecule has 2 N–H and O–H groups in total. The molecule has 1 aliphatic carbocycles. The lowest BCUT2D eigenvalue weighted by molar-refractivity contribution is -0.163. The normalized spacial score (nSPS) is 47.4. The molecule has 1 aliphatic heterocycles. The van der Waals surface area contributed by atoms with E-state index in [9.17, 15) is 9.90 Å². The quantitative estimate of drug-likeness (QED) is 0.574. The van der Waals surface area contributed by atoms with Crippen LogP contribution in [-0.4, -0.2) is 35.5 Å². The summed E-state index contributed by atoms with van der Waals surface area (Å²) in [5.74, 6) is -0.239. The highest BCUT2D eigenvalue weighted by molar-refractivity contribution is 5.73. The maximum absolute atomic E-state index is 11.3. The van der Waals surface area contributed by atoms with Gasteiger partial charge in [-0.05, 0) is 18.3 Å². The molecule has 0 spiro atoms. The van der Waals surface area contributed by atoms with Crippen LogP contribution in [0.2, 0.25) is 0 Å². The number of aliphatic hydroxyl groups is 2.